The molecule has 0 N–H and O–H groups in total. The number of methoxy groups -OCH3 is 1. The highest BCUT2D eigenvalue weighted by Gasteiger charge is 2.15. The van der Waals surface area contributed by atoms with E-state index in [1.807, 2.05) is 6.92 Å². The van der Waals surface area contributed by atoms with Gasteiger partial charge in [0.1, 0.15) is 6.54 Å². The number of esters is 1. The van der Waals surface area contributed by atoms with Crippen molar-refractivity contribution < 1.29 is 13.9 Å². The van der Waals surface area contributed by atoms with Crippen molar-refractivity contribution in [3.8, 4) is 0 Å². The molecular weight excluding hydrogens is 279 g/mol. The van der Waals surface area contributed by atoms with Crippen molar-refractivity contribution in [2.24, 2.45) is 0 Å². The molecule has 0 bridgehead atoms. The normalized spacial score (nSPS) is 10.0. The molecule has 0 saturated carbocycles. The van der Waals surface area contributed by atoms with E-state index in [2.05, 4.69) is 25.7 Å². The minimum absolute atomic E-state index is 0.0153. The van der Waals surface area contributed by atoms with E-state index in [1.165, 1.54) is 24.3 Å². The van der Waals surface area contributed by atoms with E-state index in [4.69, 9.17) is 0 Å². The molecular formula is C10H12BrFN2O2. The van der Waals surface area contributed by atoms with Gasteiger partial charge in [-0.05, 0) is 28.9 Å². The second-order valence-electron chi connectivity index (χ2n) is 3.05. The number of aromatic nitrogens is 1. The van der Waals surface area contributed by atoms with Crippen LogP contribution in [0.25, 0.3) is 0 Å². The third kappa shape index (κ3) is 3.16. The molecule has 0 atom stereocenters. The van der Waals surface area contributed by atoms with Gasteiger partial charge in [0.2, 0.25) is 0 Å². The van der Waals surface area contributed by atoms with Crippen molar-refractivity contribution in [3.63, 3.8) is 0 Å². The molecule has 0 amide bonds. The summed E-state index contributed by atoms with van der Waals surface area (Å²) in [4.78, 5) is 16.5. The van der Waals surface area contributed by atoms with Gasteiger partial charge in [-0.25, -0.2) is 9.37 Å². The molecule has 1 rings (SSSR count). The van der Waals surface area contributed by atoms with Crippen LogP contribution in [0.1, 0.15) is 6.92 Å². The minimum atomic E-state index is -0.472. The van der Waals surface area contributed by atoms with Crippen molar-refractivity contribution in [1.82, 2.24) is 4.98 Å². The Morgan fingerprint density at radius 3 is 2.88 bits per heavy atom. The van der Waals surface area contributed by atoms with Gasteiger partial charge in [-0.15, -0.1) is 0 Å². The van der Waals surface area contributed by atoms with Crippen LogP contribution in [-0.2, 0) is 9.53 Å². The second kappa shape index (κ2) is 5.79. The number of hydrogen-bond donors (Lipinski definition) is 0. The van der Waals surface area contributed by atoms with Crippen LogP contribution in [0.2, 0.25) is 0 Å². The molecule has 1 aromatic heterocycles. The fourth-order valence-corrected chi connectivity index (χ4v) is 1.50. The molecule has 0 fully saturated rings. The fraction of sp³-hybridized carbons (Fsp3) is 0.400. The predicted octanol–water partition coefficient (Wildman–Crippen LogP) is 1.98. The van der Waals surface area contributed by atoms with Crippen LogP contribution in [0.4, 0.5) is 10.2 Å². The first kappa shape index (κ1) is 12.9. The quantitative estimate of drug-likeness (QED) is 0.796. The number of anilines is 1. The van der Waals surface area contributed by atoms with Gasteiger partial charge in [-0.2, -0.15) is 0 Å². The van der Waals surface area contributed by atoms with Crippen LogP contribution in [0.15, 0.2) is 16.7 Å². The first-order valence-corrected chi connectivity index (χ1v) is 5.50. The largest absolute Gasteiger partial charge is 0.468 e. The van der Waals surface area contributed by atoms with E-state index in [0.29, 0.717) is 11.0 Å². The maximum atomic E-state index is 13.6. The molecule has 0 radical (unpaired) electrons. The molecule has 0 spiro atoms. The van der Waals surface area contributed by atoms with Crippen molar-refractivity contribution in [1.29, 1.82) is 0 Å². The number of carbonyl (C=O) groups is 1. The number of rotatable bonds is 4. The molecule has 0 aliphatic carbocycles. The smallest absolute Gasteiger partial charge is 0.325 e. The Bertz CT molecular complexity index is 387. The van der Waals surface area contributed by atoms with Gasteiger partial charge < -0.3 is 9.64 Å². The number of nitrogens with zero attached hydrogens (tertiary/aromatic N) is 2. The number of carbonyl (C=O) groups excluding carboxylic acids is 1. The van der Waals surface area contributed by atoms with Crippen LogP contribution in [-0.4, -0.2) is 31.2 Å². The highest BCUT2D eigenvalue weighted by Crippen LogP contribution is 2.19. The topological polar surface area (TPSA) is 42.4 Å². The number of hydrogen-bond acceptors (Lipinski definition) is 4. The number of pyridine rings is 1. The van der Waals surface area contributed by atoms with Gasteiger partial charge in [0.15, 0.2) is 11.6 Å². The van der Waals surface area contributed by atoms with Crippen molar-refractivity contribution >= 4 is 27.7 Å². The summed E-state index contributed by atoms with van der Waals surface area (Å²) in [6, 6.07) is 1.31. The van der Waals surface area contributed by atoms with Crippen LogP contribution in [0, 0.1) is 5.82 Å². The minimum Gasteiger partial charge on any atom is -0.468 e. The Morgan fingerprint density at radius 1 is 1.69 bits per heavy atom. The Morgan fingerprint density at radius 2 is 2.38 bits per heavy atom. The zero-order chi connectivity index (χ0) is 12.1. The van der Waals surface area contributed by atoms with Crippen molar-refractivity contribution in [2.75, 3.05) is 25.1 Å². The van der Waals surface area contributed by atoms with E-state index in [9.17, 15) is 9.18 Å². The molecule has 0 aliphatic rings. The monoisotopic (exact) mass is 290 g/mol. The van der Waals surface area contributed by atoms with Crippen molar-refractivity contribution in [2.45, 2.75) is 6.92 Å². The zero-order valence-corrected chi connectivity index (χ0v) is 10.6. The average molecular weight is 291 g/mol. The van der Waals surface area contributed by atoms with Gasteiger partial charge >= 0.3 is 5.97 Å². The molecule has 16 heavy (non-hydrogen) atoms. The summed E-state index contributed by atoms with van der Waals surface area (Å²) in [5.74, 6) is -0.748. The lowest BCUT2D eigenvalue weighted by molar-refractivity contribution is -0.138. The van der Waals surface area contributed by atoms with Gasteiger partial charge in [0.05, 0.1) is 7.11 Å². The second-order valence-corrected chi connectivity index (χ2v) is 3.96. The summed E-state index contributed by atoms with van der Waals surface area (Å²) >= 11 is 3.12. The van der Waals surface area contributed by atoms with Crippen molar-refractivity contribution in [3.05, 3.63) is 22.6 Å². The summed E-state index contributed by atoms with van der Waals surface area (Å²) in [6.07, 6.45) is 1.48. The van der Waals surface area contributed by atoms with Gasteiger partial charge in [-0.1, -0.05) is 0 Å². The lowest BCUT2D eigenvalue weighted by atomic mass is 10.4. The lowest BCUT2D eigenvalue weighted by Crippen LogP contribution is -2.31. The van der Waals surface area contributed by atoms with Crippen LogP contribution < -0.4 is 4.90 Å². The summed E-state index contributed by atoms with van der Waals surface area (Å²) in [6.45, 7) is 2.27. The Labute approximate surface area is 102 Å². The van der Waals surface area contributed by atoms with Gasteiger partial charge in [0.25, 0.3) is 0 Å². The molecule has 0 unspecified atom stereocenters. The summed E-state index contributed by atoms with van der Waals surface area (Å²) < 4.78 is 18.6. The van der Waals surface area contributed by atoms with Gasteiger partial charge in [0, 0.05) is 17.2 Å². The standard InChI is InChI=1S/C10H12BrFN2O2/c1-3-14(6-9(15)16-2)10-8(12)4-7(11)5-13-10/h4-5H,3,6H2,1-2H3. The average Bonchev–Trinajstić information content (AvgIpc) is 2.26. The number of halogens is 2. The molecule has 0 aromatic carbocycles. The first-order valence-electron chi connectivity index (χ1n) is 4.71. The van der Waals surface area contributed by atoms with E-state index in [1.54, 1.807) is 0 Å². The predicted molar refractivity (Wildman–Crippen MR) is 61.8 cm³/mol. The summed E-state index contributed by atoms with van der Waals surface area (Å²) in [5.41, 5.74) is 0. The zero-order valence-electron chi connectivity index (χ0n) is 9.04. The lowest BCUT2D eigenvalue weighted by Gasteiger charge is -2.20. The van der Waals surface area contributed by atoms with E-state index in [-0.39, 0.29) is 12.4 Å². The summed E-state index contributed by atoms with van der Waals surface area (Å²) in [5, 5.41) is 0. The highest BCUT2D eigenvalue weighted by atomic mass is 79.9. The Kier molecular flexibility index (Phi) is 4.67. The number of ether oxygens (including phenoxy) is 1. The van der Waals surface area contributed by atoms with E-state index < -0.39 is 11.8 Å². The summed E-state index contributed by atoms with van der Waals surface area (Å²) in [7, 11) is 1.29. The molecule has 1 aromatic rings. The fourth-order valence-electron chi connectivity index (χ4n) is 1.20. The maximum Gasteiger partial charge on any atom is 0.325 e. The van der Waals surface area contributed by atoms with E-state index in [0.717, 1.165) is 0 Å². The van der Waals surface area contributed by atoms with Crippen LogP contribution in [0.3, 0.4) is 0 Å². The number of likely N-dealkylation sites (N-methyl/N-ethyl adjacent to an activating group) is 1. The molecule has 88 valence electrons. The molecule has 0 aliphatic heterocycles. The molecule has 4 nitrogen and oxygen atoms in total. The molecule has 6 heteroatoms. The highest BCUT2D eigenvalue weighted by molar-refractivity contribution is 9.10. The third-order valence-electron chi connectivity index (χ3n) is 2.02. The first-order chi connectivity index (χ1) is 7.58. The Hall–Kier alpha value is -1.17. The third-order valence-corrected chi connectivity index (χ3v) is 2.45. The Balaban J connectivity index is 2.90. The maximum absolute atomic E-state index is 13.6. The molecule has 1 heterocycles. The molecule has 0 saturated heterocycles. The van der Waals surface area contributed by atoms with Crippen LogP contribution >= 0.6 is 15.9 Å². The SMILES string of the molecule is CCN(CC(=O)OC)c1ncc(Br)cc1F. The van der Waals surface area contributed by atoms with Gasteiger partial charge in [-0.3, -0.25) is 4.79 Å². The van der Waals surface area contributed by atoms with Crippen LogP contribution in [0.5, 0.6) is 0 Å². The van der Waals surface area contributed by atoms with E-state index >= 15 is 0 Å².